The third-order valence-corrected chi connectivity index (χ3v) is 5.15. The fraction of sp³-hybridized carbons (Fsp3) is 0.318. The Morgan fingerprint density at radius 2 is 1.93 bits per heavy atom. The Kier molecular flexibility index (Phi) is 8.94. The van der Waals surface area contributed by atoms with Crippen molar-refractivity contribution in [3.05, 3.63) is 64.5 Å². The van der Waals surface area contributed by atoms with Crippen molar-refractivity contribution in [2.24, 2.45) is 0 Å². The molecule has 0 radical (unpaired) electrons. The number of hydrogen-bond donors (Lipinski definition) is 2. The predicted molar refractivity (Wildman–Crippen MR) is 110 cm³/mol. The lowest BCUT2D eigenvalue weighted by atomic mass is 10.0. The first-order valence-corrected chi connectivity index (χ1v) is 10.6. The van der Waals surface area contributed by atoms with Gasteiger partial charge >= 0.3 is 14.0 Å². The number of carbonyl (C=O) groups is 1. The molecule has 2 aromatic carbocycles. The summed E-state index contributed by atoms with van der Waals surface area (Å²) in [6.45, 7) is 3.94. The van der Waals surface area contributed by atoms with E-state index in [0.29, 0.717) is 11.3 Å². The molecule has 8 heteroatoms. The van der Waals surface area contributed by atoms with Crippen molar-refractivity contribution in [1.29, 1.82) is 0 Å². The van der Waals surface area contributed by atoms with Crippen molar-refractivity contribution in [1.82, 2.24) is 0 Å². The number of aliphatic hydroxyl groups is 1. The normalized spacial score (nSPS) is 11.9. The lowest BCUT2D eigenvalue weighted by Crippen LogP contribution is -2.15. The first-order valence-electron chi connectivity index (χ1n) is 9.19. The number of halogens is 1. The maximum absolute atomic E-state index is 13.0. The van der Waals surface area contributed by atoms with E-state index in [2.05, 4.69) is 11.8 Å². The van der Waals surface area contributed by atoms with E-state index in [4.69, 9.17) is 14.4 Å². The number of carboxylic acids is 1. The molecular weight excluding hydrogens is 410 g/mol. The molecule has 0 saturated carbocycles. The number of aryl methyl sites for hydroxylation is 2. The zero-order valence-electron chi connectivity index (χ0n) is 16.7. The van der Waals surface area contributed by atoms with E-state index in [1.807, 2.05) is 26.0 Å². The molecule has 2 atom stereocenters. The van der Waals surface area contributed by atoms with Gasteiger partial charge in [0.2, 0.25) is 6.16 Å². The Labute approximate surface area is 175 Å². The fourth-order valence-electron chi connectivity index (χ4n) is 2.66. The Balaban J connectivity index is 2.00. The van der Waals surface area contributed by atoms with Crippen molar-refractivity contribution in [3.8, 4) is 17.6 Å². The highest BCUT2D eigenvalue weighted by Crippen LogP contribution is 2.26. The number of carboxylic acid groups (broad SMARTS) is 1. The summed E-state index contributed by atoms with van der Waals surface area (Å²) >= 11 is 0. The second kappa shape index (κ2) is 11.4. The fourth-order valence-corrected chi connectivity index (χ4v) is 3.45. The zero-order chi connectivity index (χ0) is 22.1. The lowest BCUT2D eigenvalue weighted by molar-refractivity contribution is -0.138. The standard InChI is InChI=1S/C22H22FO6P/c1-15-10-16(2)20(4-3-9-29-30(27)14-19(24)12-22(25)26)21(11-15)28-13-17-5-7-18(23)8-6-17/h5-8,10-11,19,24H,9,12-14H2,1-2H3/p+1. The van der Waals surface area contributed by atoms with Crippen LogP contribution in [0.2, 0.25) is 0 Å². The molecule has 0 aliphatic heterocycles. The molecule has 2 unspecified atom stereocenters. The van der Waals surface area contributed by atoms with Gasteiger partial charge in [-0.3, -0.25) is 4.79 Å². The molecule has 0 heterocycles. The van der Waals surface area contributed by atoms with Gasteiger partial charge in [0.25, 0.3) is 0 Å². The summed E-state index contributed by atoms with van der Waals surface area (Å²) in [5.74, 6) is 4.81. The van der Waals surface area contributed by atoms with Crippen molar-refractivity contribution < 1.29 is 33.2 Å². The van der Waals surface area contributed by atoms with Gasteiger partial charge in [0.15, 0.2) is 6.61 Å². The smallest absolute Gasteiger partial charge is 0.488 e. The van der Waals surface area contributed by atoms with Gasteiger partial charge in [-0.1, -0.05) is 30.0 Å². The van der Waals surface area contributed by atoms with Crippen LogP contribution < -0.4 is 4.74 Å². The summed E-state index contributed by atoms with van der Waals surface area (Å²) in [4.78, 5) is 10.5. The Morgan fingerprint density at radius 1 is 1.23 bits per heavy atom. The molecule has 0 saturated heterocycles. The molecule has 6 nitrogen and oxygen atoms in total. The Bertz CT molecular complexity index is 962. The molecule has 0 spiro atoms. The van der Waals surface area contributed by atoms with Gasteiger partial charge in [-0.05, 0) is 53.3 Å². The van der Waals surface area contributed by atoms with Crippen LogP contribution in [0.3, 0.4) is 0 Å². The zero-order valence-corrected chi connectivity index (χ0v) is 17.6. The molecule has 0 fully saturated rings. The number of aliphatic carboxylic acids is 1. The Hall–Kier alpha value is -2.78. The minimum atomic E-state index is -2.22. The van der Waals surface area contributed by atoms with Gasteiger partial charge in [0, 0.05) is 0 Å². The van der Waals surface area contributed by atoms with E-state index in [1.165, 1.54) is 12.1 Å². The summed E-state index contributed by atoms with van der Waals surface area (Å²) < 4.78 is 35.8. The molecule has 0 bridgehead atoms. The molecule has 0 aromatic heterocycles. The highest BCUT2D eigenvalue weighted by molar-refractivity contribution is 7.39. The third kappa shape index (κ3) is 7.92. The van der Waals surface area contributed by atoms with Crippen LogP contribution in [-0.4, -0.2) is 35.1 Å². The van der Waals surface area contributed by atoms with E-state index in [-0.39, 0.29) is 25.2 Å². The second-order valence-electron chi connectivity index (χ2n) is 6.71. The van der Waals surface area contributed by atoms with E-state index >= 15 is 0 Å². The average molecular weight is 433 g/mol. The molecule has 30 heavy (non-hydrogen) atoms. The number of ether oxygens (including phenoxy) is 1. The van der Waals surface area contributed by atoms with E-state index in [0.717, 1.165) is 16.7 Å². The summed E-state index contributed by atoms with van der Waals surface area (Å²) in [7, 11) is -2.22. The summed E-state index contributed by atoms with van der Waals surface area (Å²) in [5, 5.41) is 18.1. The van der Waals surface area contributed by atoms with Crippen molar-refractivity contribution in [2.45, 2.75) is 33.0 Å². The van der Waals surface area contributed by atoms with Gasteiger partial charge in [-0.15, -0.1) is 4.52 Å². The van der Waals surface area contributed by atoms with Crippen molar-refractivity contribution in [3.63, 3.8) is 0 Å². The van der Waals surface area contributed by atoms with E-state index < -0.39 is 26.5 Å². The predicted octanol–water partition coefficient (Wildman–Crippen LogP) is 3.97. The SMILES string of the molecule is Cc1cc(C)c(C#CCO[P+](=O)CC(O)CC(=O)O)c(OCc2ccc(F)cc2)c1. The largest absolute Gasteiger partial charge is 0.511 e. The van der Waals surface area contributed by atoms with Crippen LogP contribution in [0.15, 0.2) is 36.4 Å². The van der Waals surface area contributed by atoms with Crippen LogP contribution in [0.1, 0.15) is 28.7 Å². The third-order valence-electron chi connectivity index (χ3n) is 4.02. The minimum Gasteiger partial charge on any atom is -0.488 e. The van der Waals surface area contributed by atoms with Gasteiger partial charge in [0.1, 0.15) is 24.3 Å². The maximum atomic E-state index is 13.0. The molecule has 0 amide bonds. The molecule has 158 valence electrons. The van der Waals surface area contributed by atoms with Crippen LogP contribution in [0.4, 0.5) is 4.39 Å². The number of rotatable bonds is 9. The van der Waals surface area contributed by atoms with Crippen LogP contribution in [-0.2, 0) is 20.5 Å². The molecular formula is C22H23FO6P+. The number of benzene rings is 2. The van der Waals surface area contributed by atoms with Crippen molar-refractivity contribution in [2.75, 3.05) is 12.8 Å². The number of aliphatic hydroxyl groups excluding tert-OH is 1. The van der Waals surface area contributed by atoms with Gasteiger partial charge < -0.3 is 14.9 Å². The van der Waals surface area contributed by atoms with Gasteiger partial charge in [-0.25, -0.2) is 4.39 Å². The van der Waals surface area contributed by atoms with Crippen molar-refractivity contribution >= 4 is 14.0 Å². The highest BCUT2D eigenvalue weighted by Gasteiger charge is 2.24. The average Bonchev–Trinajstić information content (AvgIpc) is 2.65. The molecule has 0 aliphatic rings. The molecule has 2 N–H and O–H groups in total. The quantitative estimate of drug-likeness (QED) is 0.459. The number of hydrogen-bond acceptors (Lipinski definition) is 5. The van der Waals surface area contributed by atoms with Gasteiger partial charge in [-0.2, -0.15) is 0 Å². The van der Waals surface area contributed by atoms with E-state index in [1.54, 1.807) is 12.1 Å². The monoisotopic (exact) mass is 433 g/mol. The summed E-state index contributed by atoms with van der Waals surface area (Å²) in [6, 6.07) is 9.83. The topological polar surface area (TPSA) is 93.1 Å². The molecule has 2 aromatic rings. The van der Waals surface area contributed by atoms with Crippen LogP contribution >= 0.6 is 8.03 Å². The first-order chi connectivity index (χ1) is 14.2. The van der Waals surface area contributed by atoms with E-state index in [9.17, 15) is 18.9 Å². The summed E-state index contributed by atoms with van der Waals surface area (Å²) in [6.07, 6.45) is -1.99. The lowest BCUT2D eigenvalue weighted by Gasteiger charge is -2.12. The maximum Gasteiger partial charge on any atom is 0.511 e. The highest BCUT2D eigenvalue weighted by atomic mass is 31.1. The molecule has 0 aliphatic carbocycles. The van der Waals surface area contributed by atoms with Gasteiger partial charge in [0.05, 0.1) is 12.0 Å². The van der Waals surface area contributed by atoms with Crippen LogP contribution in [0.5, 0.6) is 5.75 Å². The molecule has 2 rings (SSSR count). The Morgan fingerprint density at radius 3 is 2.60 bits per heavy atom. The van der Waals surface area contributed by atoms with Crippen LogP contribution in [0, 0.1) is 31.5 Å². The minimum absolute atomic E-state index is 0.139. The first kappa shape index (κ1) is 23.5. The van der Waals surface area contributed by atoms with Crippen LogP contribution in [0.25, 0.3) is 0 Å². The summed E-state index contributed by atoms with van der Waals surface area (Å²) in [5.41, 5.74) is 3.37. The second-order valence-corrected chi connectivity index (χ2v) is 8.00.